The van der Waals surface area contributed by atoms with E-state index in [9.17, 15) is 4.79 Å². The minimum atomic E-state index is -0.334. The number of amides is 1. The number of furan rings is 1. The van der Waals surface area contributed by atoms with Crippen molar-refractivity contribution in [3.63, 3.8) is 0 Å². The lowest BCUT2D eigenvalue weighted by Gasteiger charge is -2.36. The molecule has 2 aliphatic carbocycles. The van der Waals surface area contributed by atoms with E-state index in [1.165, 1.54) is 6.42 Å². The van der Waals surface area contributed by atoms with E-state index in [1.54, 1.807) is 6.26 Å². The van der Waals surface area contributed by atoms with Crippen LogP contribution in [0.1, 0.15) is 62.3 Å². The van der Waals surface area contributed by atoms with Crippen LogP contribution in [0.15, 0.2) is 16.7 Å². The average molecular weight is 276 g/mol. The average Bonchev–Trinajstić information content (AvgIpc) is 2.97. The van der Waals surface area contributed by atoms with Crippen LogP contribution in [0.25, 0.3) is 0 Å². The van der Waals surface area contributed by atoms with E-state index in [4.69, 9.17) is 10.2 Å². The summed E-state index contributed by atoms with van der Waals surface area (Å²) in [7, 11) is 0. The predicted octanol–water partition coefficient (Wildman–Crippen LogP) is 2.68. The van der Waals surface area contributed by atoms with Crippen molar-refractivity contribution in [3.05, 3.63) is 23.7 Å². The molecule has 3 rings (SSSR count). The molecule has 1 fully saturated rings. The molecular formula is C16H24N2O2. The van der Waals surface area contributed by atoms with E-state index in [0.717, 1.165) is 56.3 Å². The zero-order valence-electron chi connectivity index (χ0n) is 12.0. The van der Waals surface area contributed by atoms with Crippen molar-refractivity contribution >= 4 is 5.91 Å². The summed E-state index contributed by atoms with van der Waals surface area (Å²) in [5, 5.41) is 3.24. The molecule has 1 unspecified atom stereocenters. The molecule has 0 aliphatic heterocycles. The molecule has 1 aromatic rings. The molecule has 1 heterocycles. The number of carbonyl (C=O) groups excluding carboxylic acids is 1. The number of aryl methyl sites for hydroxylation is 1. The zero-order valence-corrected chi connectivity index (χ0v) is 12.0. The fourth-order valence-electron chi connectivity index (χ4n) is 3.70. The lowest BCUT2D eigenvalue weighted by Crippen LogP contribution is -2.48. The van der Waals surface area contributed by atoms with Crippen molar-refractivity contribution in [1.82, 2.24) is 5.32 Å². The molecule has 0 spiro atoms. The monoisotopic (exact) mass is 276 g/mol. The van der Waals surface area contributed by atoms with E-state index in [2.05, 4.69) is 5.32 Å². The number of nitrogens with one attached hydrogen (secondary N) is 1. The summed E-state index contributed by atoms with van der Waals surface area (Å²) in [4.78, 5) is 12.7. The van der Waals surface area contributed by atoms with Crippen molar-refractivity contribution in [3.8, 4) is 0 Å². The minimum absolute atomic E-state index is 0.107. The third-order valence-electron chi connectivity index (χ3n) is 5.04. The van der Waals surface area contributed by atoms with Gasteiger partial charge in [0.15, 0.2) is 0 Å². The van der Waals surface area contributed by atoms with Gasteiger partial charge in [-0.05, 0) is 31.7 Å². The summed E-state index contributed by atoms with van der Waals surface area (Å²) in [5.74, 6) is 1.19. The van der Waals surface area contributed by atoms with Gasteiger partial charge in [-0.3, -0.25) is 4.79 Å². The van der Waals surface area contributed by atoms with Gasteiger partial charge in [-0.1, -0.05) is 19.3 Å². The fraction of sp³-hybridized carbons (Fsp3) is 0.688. The largest absolute Gasteiger partial charge is 0.469 e. The predicted molar refractivity (Wildman–Crippen MR) is 77.1 cm³/mol. The minimum Gasteiger partial charge on any atom is -0.469 e. The standard InChI is InChI=1S/C16H24N2O2/c17-11-16(8-2-1-3-9-16)15(19)18-13-5-4-6-14-12(13)7-10-20-14/h7,10,13H,1-6,8-9,11,17H2,(H,18,19). The highest BCUT2D eigenvalue weighted by Crippen LogP contribution is 2.37. The number of fused-ring (bicyclic) bond motifs is 1. The van der Waals surface area contributed by atoms with Gasteiger partial charge in [0.2, 0.25) is 5.91 Å². The van der Waals surface area contributed by atoms with E-state index in [0.29, 0.717) is 6.54 Å². The first-order valence-corrected chi connectivity index (χ1v) is 7.82. The van der Waals surface area contributed by atoms with Crippen molar-refractivity contribution < 1.29 is 9.21 Å². The van der Waals surface area contributed by atoms with E-state index in [-0.39, 0.29) is 17.4 Å². The Labute approximate surface area is 120 Å². The quantitative estimate of drug-likeness (QED) is 0.892. The summed E-state index contributed by atoms with van der Waals surface area (Å²) >= 11 is 0. The fourth-order valence-corrected chi connectivity index (χ4v) is 3.70. The van der Waals surface area contributed by atoms with Gasteiger partial charge in [-0.2, -0.15) is 0 Å². The Morgan fingerprint density at radius 2 is 2.15 bits per heavy atom. The molecule has 1 atom stereocenters. The van der Waals surface area contributed by atoms with Gasteiger partial charge in [0.1, 0.15) is 5.76 Å². The maximum atomic E-state index is 12.7. The van der Waals surface area contributed by atoms with Gasteiger partial charge in [0.05, 0.1) is 17.7 Å². The van der Waals surface area contributed by atoms with Crippen LogP contribution in [-0.2, 0) is 11.2 Å². The highest BCUT2D eigenvalue weighted by molar-refractivity contribution is 5.83. The van der Waals surface area contributed by atoms with Gasteiger partial charge >= 0.3 is 0 Å². The Bertz CT molecular complexity index is 475. The maximum Gasteiger partial charge on any atom is 0.227 e. The Hall–Kier alpha value is -1.29. The van der Waals surface area contributed by atoms with E-state index in [1.807, 2.05) is 6.07 Å². The summed E-state index contributed by atoms with van der Waals surface area (Å²) in [5.41, 5.74) is 6.77. The molecule has 0 radical (unpaired) electrons. The van der Waals surface area contributed by atoms with Crippen LogP contribution in [0.2, 0.25) is 0 Å². The SMILES string of the molecule is NCC1(C(=O)NC2CCCc3occc32)CCCCC1. The van der Waals surface area contributed by atoms with Crippen molar-refractivity contribution in [2.24, 2.45) is 11.1 Å². The van der Waals surface area contributed by atoms with Crippen LogP contribution in [0.5, 0.6) is 0 Å². The second-order valence-electron chi connectivity index (χ2n) is 6.26. The molecule has 1 saturated carbocycles. The topological polar surface area (TPSA) is 68.3 Å². The Morgan fingerprint density at radius 3 is 2.90 bits per heavy atom. The summed E-state index contributed by atoms with van der Waals surface area (Å²) in [6.45, 7) is 0.462. The summed E-state index contributed by atoms with van der Waals surface area (Å²) in [6.07, 6.45) is 10.1. The molecule has 0 bridgehead atoms. The van der Waals surface area contributed by atoms with Crippen LogP contribution in [0.4, 0.5) is 0 Å². The van der Waals surface area contributed by atoms with Crippen LogP contribution in [0, 0.1) is 5.41 Å². The number of hydrogen-bond donors (Lipinski definition) is 2. The molecule has 0 saturated heterocycles. The lowest BCUT2D eigenvalue weighted by molar-refractivity contribution is -0.133. The highest BCUT2D eigenvalue weighted by Gasteiger charge is 2.39. The number of hydrogen-bond acceptors (Lipinski definition) is 3. The molecule has 110 valence electrons. The summed E-state index contributed by atoms with van der Waals surface area (Å²) < 4.78 is 5.49. The molecule has 4 nitrogen and oxygen atoms in total. The molecular weight excluding hydrogens is 252 g/mol. The molecule has 20 heavy (non-hydrogen) atoms. The zero-order chi connectivity index (χ0) is 14.0. The van der Waals surface area contributed by atoms with Crippen LogP contribution in [0.3, 0.4) is 0 Å². The van der Waals surface area contributed by atoms with Gasteiger partial charge in [0, 0.05) is 18.5 Å². The van der Waals surface area contributed by atoms with Crippen molar-refractivity contribution in [2.75, 3.05) is 6.54 Å². The second-order valence-corrected chi connectivity index (χ2v) is 6.26. The van der Waals surface area contributed by atoms with Crippen LogP contribution in [-0.4, -0.2) is 12.5 Å². The molecule has 1 aromatic heterocycles. The molecule has 3 N–H and O–H groups in total. The van der Waals surface area contributed by atoms with Gasteiger partial charge in [-0.25, -0.2) is 0 Å². The van der Waals surface area contributed by atoms with Crippen molar-refractivity contribution in [2.45, 2.75) is 57.4 Å². The Kier molecular flexibility index (Phi) is 3.83. The van der Waals surface area contributed by atoms with Gasteiger partial charge in [0.25, 0.3) is 0 Å². The molecule has 1 amide bonds. The maximum absolute atomic E-state index is 12.7. The first kappa shape index (κ1) is 13.7. The second kappa shape index (κ2) is 5.60. The molecule has 4 heteroatoms. The molecule has 2 aliphatic rings. The first-order chi connectivity index (χ1) is 9.75. The smallest absolute Gasteiger partial charge is 0.227 e. The van der Waals surface area contributed by atoms with Crippen molar-refractivity contribution in [1.29, 1.82) is 0 Å². The first-order valence-electron chi connectivity index (χ1n) is 7.82. The number of rotatable bonds is 3. The summed E-state index contributed by atoms with van der Waals surface area (Å²) in [6, 6.07) is 2.10. The van der Waals surface area contributed by atoms with Gasteiger partial charge in [-0.15, -0.1) is 0 Å². The molecule has 0 aromatic carbocycles. The number of carbonyl (C=O) groups is 1. The van der Waals surface area contributed by atoms with Crippen LogP contribution >= 0.6 is 0 Å². The number of nitrogens with two attached hydrogens (primary N) is 1. The van der Waals surface area contributed by atoms with E-state index >= 15 is 0 Å². The lowest BCUT2D eigenvalue weighted by atomic mass is 9.73. The third kappa shape index (κ3) is 2.37. The van der Waals surface area contributed by atoms with Crippen LogP contribution < -0.4 is 11.1 Å². The normalized spacial score (nSPS) is 24.9. The Morgan fingerprint density at radius 1 is 1.35 bits per heavy atom. The Balaban J connectivity index is 1.73. The highest BCUT2D eigenvalue weighted by atomic mass is 16.3. The third-order valence-corrected chi connectivity index (χ3v) is 5.04. The van der Waals surface area contributed by atoms with Gasteiger partial charge < -0.3 is 15.5 Å². The van der Waals surface area contributed by atoms with E-state index < -0.39 is 0 Å².